The monoisotopic (exact) mass is 294 g/mol. The summed E-state index contributed by atoms with van der Waals surface area (Å²) in [6, 6.07) is 0. The Labute approximate surface area is 129 Å². The molecule has 2 heterocycles. The van der Waals surface area contributed by atoms with Crippen molar-refractivity contribution in [1.29, 1.82) is 0 Å². The van der Waals surface area contributed by atoms with Gasteiger partial charge in [-0.05, 0) is 32.1 Å². The Bertz CT molecular complexity index is 337. The first-order valence-corrected chi connectivity index (χ1v) is 8.62. The Balaban J connectivity index is 1.40. The Morgan fingerprint density at radius 3 is 2.29 bits per heavy atom. The molecule has 0 aromatic carbocycles. The van der Waals surface area contributed by atoms with E-state index in [-0.39, 0.29) is 18.3 Å². The lowest BCUT2D eigenvalue weighted by Crippen LogP contribution is -2.18. The van der Waals surface area contributed by atoms with Crippen LogP contribution in [0.3, 0.4) is 0 Å². The van der Waals surface area contributed by atoms with Gasteiger partial charge in [-0.15, -0.1) is 0 Å². The van der Waals surface area contributed by atoms with Crippen LogP contribution in [0.25, 0.3) is 0 Å². The molecule has 0 aromatic rings. The van der Waals surface area contributed by atoms with Crippen LogP contribution in [0.15, 0.2) is 24.3 Å². The van der Waals surface area contributed by atoms with Crippen molar-refractivity contribution in [2.75, 3.05) is 0 Å². The second kappa shape index (κ2) is 9.39. The van der Waals surface area contributed by atoms with Gasteiger partial charge in [0, 0.05) is 0 Å². The van der Waals surface area contributed by atoms with Gasteiger partial charge in [-0.3, -0.25) is 0 Å². The summed E-state index contributed by atoms with van der Waals surface area (Å²) in [5.74, 6) is 0. The molecule has 0 spiro atoms. The van der Waals surface area contributed by atoms with Crippen LogP contribution in [0.1, 0.15) is 64.7 Å². The maximum Gasteiger partial charge on any atom is 0.184 e. The molecule has 1 unspecified atom stereocenters. The molecule has 1 N–H and O–H groups in total. The molecule has 4 atom stereocenters. The topological polar surface area (TPSA) is 42.0 Å². The van der Waals surface area contributed by atoms with Crippen LogP contribution in [-0.2, 0) is 9.47 Å². The number of hydrogen-bond acceptors (Lipinski definition) is 3. The summed E-state index contributed by atoms with van der Waals surface area (Å²) in [4.78, 5) is 0. The number of fused-ring (bicyclic) bond motifs is 1. The first-order chi connectivity index (χ1) is 10.3. The molecule has 2 rings (SSSR count). The summed E-state index contributed by atoms with van der Waals surface area (Å²) in [6.45, 7) is 2.25. The molecule has 0 amide bonds. The summed E-state index contributed by atoms with van der Waals surface area (Å²) < 4.78 is 10.7. The molecule has 0 bridgehead atoms. The molecular weight excluding hydrogens is 264 g/mol. The molecule has 0 aromatic heterocycles. The van der Waals surface area contributed by atoms with E-state index >= 15 is 0 Å². The van der Waals surface area contributed by atoms with Gasteiger partial charge < -0.3 is 14.6 Å². The van der Waals surface area contributed by atoms with Gasteiger partial charge in [0.2, 0.25) is 0 Å². The van der Waals surface area contributed by atoms with Gasteiger partial charge in [0.25, 0.3) is 0 Å². The Morgan fingerprint density at radius 2 is 1.62 bits per heavy atom. The molecule has 0 radical (unpaired) electrons. The number of epoxide rings is 1. The van der Waals surface area contributed by atoms with Gasteiger partial charge in [0.05, 0.1) is 6.10 Å². The third-order valence-corrected chi connectivity index (χ3v) is 4.22. The molecule has 120 valence electrons. The predicted octanol–water partition coefficient (Wildman–Crippen LogP) is 4.11. The van der Waals surface area contributed by atoms with E-state index in [1.54, 1.807) is 0 Å². The molecule has 2 aliphatic rings. The number of aliphatic hydroxyl groups is 1. The smallest absolute Gasteiger partial charge is 0.184 e. The normalized spacial score (nSPS) is 31.3. The van der Waals surface area contributed by atoms with E-state index in [1.807, 2.05) is 0 Å². The maximum absolute atomic E-state index is 9.43. The number of hydrogen-bond donors (Lipinski definition) is 1. The highest BCUT2D eigenvalue weighted by Crippen LogP contribution is 2.39. The quantitative estimate of drug-likeness (QED) is 0.354. The number of allylic oxidation sites excluding steroid dienone is 4. The highest BCUT2D eigenvalue weighted by molar-refractivity contribution is 5.00. The molecule has 2 saturated heterocycles. The lowest BCUT2D eigenvalue weighted by atomic mass is 10.1. The second-order valence-electron chi connectivity index (χ2n) is 6.09. The third-order valence-electron chi connectivity index (χ3n) is 4.22. The fraction of sp³-hybridized carbons (Fsp3) is 0.778. The second-order valence-corrected chi connectivity index (χ2v) is 6.09. The van der Waals surface area contributed by atoms with E-state index in [4.69, 9.17) is 9.47 Å². The average molecular weight is 294 g/mol. The van der Waals surface area contributed by atoms with Crippen LogP contribution in [0.5, 0.6) is 0 Å². The number of unbranched alkanes of at least 4 members (excludes halogenated alkanes) is 5. The first kappa shape index (κ1) is 16.7. The van der Waals surface area contributed by atoms with Crippen molar-refractivity contribution in [3.63, 3.8) is 0 Å². The minimum atomic E-state index is -0.691. The zero-order valence-corrected chi connectivity index (χ0v) is 13.2. The molecule has 2 fully saturated rings. The zero-order chi connectivity index (χ0) is 14.9. The van der Waals surface area contributed by atoms with Crippen LogP contribution in [0.2, 0.25) is 0 Å². The summed E-state index contributed by atoms with van der Waals surface area (Å²) in [6.07, 6.45) is 19.4. The fourth-order valence-corrected chi connectivity index (χ4v) is 2.86. The largest absolute Gasteiger partial charge is 0.366 e. The van der Waals surface area contributed by atoms with Gasteiger partial charge in [0.1, 0.15) is 12.2 Å². The first-order valence-electron chi connectivity index (χ1n) is 8.62. The maximum atomic E-state index is 9.43. The van der Waals surface area contributed by atoms with Crippen molar-refractivity contribution >= 4 is 0 Å². The van der Waals surface area contributed by atoms with Crippen molar-refractivity contribution in [3.8, 4) is 0 Å². The van der Waals surface area contributed by atoms with Gasteiger partial charge in [-0.1, -0.05) is 56.9 Å². The molecular formula is C18H30O3. The van der Waals surface area contributed by atoms with E-state index in [0.29, 0.717) is 0 Å². The van der Waals surface area contributed by atoms with E-state index in [1.165, 1.54) is 38.5 Å². The molecule has 0 saturated carbocycles. The van der Waals surface area contributed by atoms with E-state index in [2.05, 4.69) is 31.2 Å². The number of aliphatic hydroxyl groups excluding tert-OH is 1. The van der Waals surface area contributed by atoms with Gasteiger partial charge in [-0.25, -0.2) is 0 Å². The van der Waals surface area contributed by atoms with Crippen LogP contribution in [0.4, 0.5) is 0 Å². The van der Waals surface area contributed by atoms with E-state index in [0.717, 1.165) is 19.3 Å². The Kier molecular flexibility index (Phi) is 7.48. The molecule has 21 heavy (non-hydrogen) atoms. The van der Waals surface area contributed by atoms with Gasteiger partial charge >= 0.3 is 0 Å². The summed E-state index contributed by atoms with van der Waals surface area (Å²) in [7, 11) is 0. The van der Waals surface area contributed by atoms with Crippen LogP contribution < -0.4 is 0 Å². The SMILES string of the molecule is CCCCCCC/C=C/C/C=C/CC[C@H]1OC(O)[C@@H]2O[C@H]12. The highest BCUT2D eigenvalue weighted by Gasteiger charge is 2.57. The average Bonchev–Trinajstić information content (AvgIpc) is 3.22. The van der Waals surface area contributed by atoms with Crippen LogP contribution in [-0.4, -0.2) is 29.7 Å². The Morgan fingerprint density at radius 1 is 0.857 bits per heavy atom. The molecule has 0 aliphatic carbocycles. The minimum absolute atomic E-state index is 0.0424. The van der Waals surface area contributed by atoms with Crippen LogP contribution >= 0.6 is 0 Å². The van der Waals surface area contributed by atoms with Gasteiger partial charge in [0.15, 0.2) is 6.29 Å². The standard InChI is InChI=1S/C18H30O3/c1-2-3-4-5-6-7-8-9-10-11-12-13-14-15-16-17(21-16)18(19)20-15/h8-9,11-12,15-19H,2-7,10,13-14H2,1H3/b9-8+,12-11+/t15-,16-,17-,18?/m1/s1. The minimum Gasteiger partial charge on any atom is -0.366 e. The fourth-order valence-electron chi connectivity index (χ4n) is 2.86. The summed E-state index contributed by atoms with van der Waals surface area (Å²) >= 11 is 0. The lowest BCUT2D eigenvalue weighted by Gasteiger charge is -2.12. The number of rotatable bonds is 11. The summed E-state index contributed by atoms with van der Waals surface area (Å²) in [5.41, 5.74) is 0. The van der Waals surface area contributed by atoms with Crippen molar-refractivity contribution in [2.45, 2.75) is 89.3 Å². The molecule has 3 heteroatoms. The molecule has 2 aliphatic heterocycles. The predicted molar refractivity (Wildman–Crippen MR) is 85.0 cm³/mol. The van der Waals surface area contributed by atoms with Crippen LogP contribution in [0, 0.1) is 0 Å². The number of ether oxygens (including phenoxy) is 2. The zero-order valence-electron chi connectivity index (χ0n) is 13.2. The van der Waals surface area contributed by atoms with Crippen molar-refractivity contribution in [2.24, 2.45) is 0 Å². The highest BCUT2D eigenvalue weighted by atomic mass is 16.7. The van der Waals surface area contributed by atoms with E-state index < -0.39 is 6.29 Å². The van der Waals surface area contributed by atoms with Crippen molar-refractivity contribution in [1.82, 2.24) is 0 Å². The van der Waals surface area contributed by atoms with E-state index in [9.17, 15) is 5.11 Å². The van der Waals surface area contributed by atoms with Crippen molar-refractivity contribution in [3.05, 3.63) is 24.3 Å². The lowest BCUT2D eigenvalue weighted by molar-refractivity contribution is -0.141. The van der Waals surface area contributed by atoms with Gasteiger partial charge in [-0.2, -0.15) is 0 Å². The van der Waals surface area contributed by atoms with Crippen molar-refractivity contribution < 1.29 is 14.6 Å². The molecule has 3 nitrogen and oxygen atoms in total. The third kappa shape index (κ3) is 5.93. The Hall–Kier alpha value is -0.640. The summed E-state index contributed by atoms with van der Waals surface area (Å²) in [5, 5.41) is 9.43.